The lowest BCUT2D eigenvalue weighted by atomic mass is 10.2. The van der Waals surface area contributed by atoms with Gasteiger partial charge in [0, 0.05) is 11.1 Å². The van der Waals surface area contributed by atoms with E-state index < -0.39 is 0 Å². The fourth-order valence-electron chi connectivity index (χ4n) is 1.14. The van der Waals surface area contributed by atoms with E-state index >= 15 is 0 Å². The second-order valence-corrected chi connectivity index (χ2v) is 3.05. The van der Waals surface area contributed by atoms with Crippen LogP contribution in [0.4, 0.5) is 5.69 Å². The minimum atomic E-state index is 0.505. The van der Waals surface area contributed by atoms with Crippen LogP contribution >= 0.6 is 11.6 Å². The van der Waals surface area contributed by atoms with Crippen molar-refractivity contribution < 1.29 is 4.52 Å². The van der Waals surface area contributed by atoms with Crippen LogP contribution in [0.2, 0.25) is 5.02 Å². The highest BCUT2D eigenvalue weighted by molar-refractivity contribution is 6.35. The number of hydrogen-bond donors (Lipinski definition) is 1. The number of rotatable bonds is 0. The molecular formula is C8H7ClN2O. The second-order valence-electron chi connectivity index (χ2n) is 2.65. The number of benzene rings is 1. The van der Waals surface area contributed by atoms with E-state index in [-0.39, 0.29) is 0 Å². The molecule has 2 aromatic rings. The Labute approximate surface area is 74.1 Å². The van der Waals surface area contributed by atoms with E-state index in [0.717, 1.165) is 11.1 Å². The van der Waals surface area contributed by atoms with Crippen LogP contribution in [0, 0.1) is 6.92 Å². The Kier molecular flexibility index (Phi) is 1.48. The fourth-order valence-corrected chi connectivity index (χ4v) is 1.40. The molecule has 2 N–H and O–H groups in total. The van der Waals surface area contributed by atoms with Crippen molar-refractivity contribution in [1.29, 1.82) is 0 Å². The van der Waals surface area contributed by atoms with E-state index in [1.807, 2.05) is 6.92 Å². The highest BCUT2D eigenvalue weighted by atomic mass is 35.5. The molecule has 0 saturated carbocycles. The molecule has 3 nitrogen and oxygen atoms in total. The zero-order chi connectivity index (χ0) is 8.72. The Balaban J connectivity index is 2.92. The largest absolute Gasteiger partial charge is 0.399 e. The topological polar surface area (TPSA) is 52.0 Å². The third kappa shape index (κ3) is 0.940. The number of nitrogens with zero attached hydrogens (tertiary/aromatic N) is 1. The SMILES string of the molecule is Cc1noc2c(Cl)cc(N)cc12. The first kappa shape index (κ1) is 7.43. The second kappa shape index (κ2) is 2.38. The van der Waals surface area contributed by atoms with Crippen LogP contribution in [0.25, 0.3) is 11.0 Å². The van der Waals surface area contributed by atoms with Gasteiger partial charge >= 0.3 is 0 Å². The molecule has 12 heavy (non-hydrogen) atoms. The van der Waals surface area contributed by atoms with Gasteiger partial charge in [0.05, 0.1) is 10.7 Å². The van der Waals surface area contributed by atoms with Gasteiger partial charge in [0.15, 0.2) is 5.58 Å². The first-order valence-electron chi connectivity index (χ1n) is 3.49. The molecule has 1 heterocycles. The summed E-state index contributed by atoms with van der Waals surface area (Å²) in [5.41, 5.74) is 7.63. The third-order valence-corrected chi connectivity index (χ3v) is 2.01. The molecule has 0 fully saturated rings. The normalized spacial score (nSPS) is 10.8. The lowest BCUT2D eigenvalue weighted by Crippen LogP contribution is -1.83. The number of nitrogens with two attached hydrogens (primary N) is 1. The molecular weight excluding hydrogens is 176 g/mol. The average molecular weight is 183 g/mol. The molecule has 1 aromatic heterocycles. The summed E-state index contributed by atoms with van der Waals surface area (Å²) >= 11 is 5.86. The van der Waals surface area contributed by atoms with Crippen LogP contribution < -0.4 is 5.73 Å². The van der Waals surface area contributed by atoms with Crippen LogP contribution in [0.3, 0.4) is 0 Å². The van der Waals surface area contributed by atoms with Gasteiger partial charge in [-0.05, 0) is 19.1 Å². The number of aromatic nitrogens is 1. The van der Waals surface area contributed by atoms with Gasteiger partial charge in [-0.25, -0.2) is 0 Å². The monoisotopic (exact) mass is 182 g/mol. The first-order chi connectivity index (χ1) is 5.68. The lowest BCUT2D eigenvalue weighted by Gasteiger charge is -1.94. The summed E-state index contributed by atoms with van der Waals surface area (Å²) in [5, 5.41) is 5.16. The molecule has 1 aromatic carbocycles. The van der Waals surface area contributed by atoms with Gasteiger partial charge in [0.1, 0.15) is 0 Å². The molecule has 0 spiro atoms. The quantitative estimate of drug-likeness (QED) is 0.637. The minimum Gasteiger partial charge on any atom is -0.399 e. The molecule has 0 aliphatic heterocycles. The summed E-state index contributed by atoms with van der Waals surface area (Å²) in [7, 11) is 0. The Bertz CT molecular complexity index is 436. The summed E-state index contributed by atoms with van der Waals surface area (Å²) in [6, 6.07) is 3.45. The van der Waals surface area contributed by atoms with Crippen molar-refractivity contribution in [3.05, 3.63) is 22.8 Å². The highest BCUT2D eigenvalue weighted by Gasteiger charge is 2.08. The van der Waals surface area contributed by atoms with E-state index in [9.17, 15) is 0 Å². The summed E-state index contributed by atoms with van der Waals surface area (Å²) in [5.74, 6) is 0. The van der Waals surface area contributed by atoms with E-state index in [4.69, 9.17) is 21.9 Å². The zero-order valence-electron chi connectivity index (χ0n) is 6.47. The fraction of sp³-hybridized carbons (Fsp3) is 0.125. The van der Waals surface area contributed by atoms with Crippen molar-refractivity contribution in [1.82, 2.24) is 5.16 Å². The maximum atomic E-state index is 5.86. The van der Waals surface area contributed by atoms with Crippen LogP contribution in [0.15, 0.2) is 16.7 Å². The Morgan fingerprint density at radius 1 is 1.50 bits per heavy atom. The molecule has 0 amide bonds. The van der Waals surface area contributed by atoms with Gasteiger partial charge in [-0.15, -0.1) is 0 Å². The summed E-state index contributed by atoms with van der Waals surface area (Å²) < 4.78 is 5.00. The van der Waals surface area contributed by atoms with Gasteiger partial charge in [0.25, 0.3) is 0 Å². The average Bonchev–Trinajstić information content (AvgIpc) is 2.33. The van der Waals surface area contributed by atoms with E-state index in [1.165, 1.54) is 0 Å². The predicted molar refractivity (Wildman–Crippen MR) is 48.2 cm³/mol. The number of fused-ring (bicyclic) bond motifs is 1. The molecule has 0 radical (unpaired) electrons. The smallest absolute Gasteiger partial charge is 0.185 e. The maximum Gasteiger partial charge on any atom is 0.185 e. The van der Waals surface area contributed by atoms with Crippen molar-refractivity contribution in [3.8, 4) is 0 Å². The Hall–Kier alpha value is -1.22. The Morgan fingerprint density at radius 3 is 3.00 bits per heavy atom. The summed E-state index contributed by atoms with van der Waals surface area (Å²) in [6.45, 7) is 1.85. The predicted octanol–water partition coefficient (Wildman–Crippen LogP) is 2.37. The number of aryl methyl sites for hydroxylation is 1. The lowest BCUT2D eigenvalue weighted by molar-refractivity contribution is 0.450. The minimum absolute atomic E-state index is 0.505. The van der Waals surface area contributed by atoms with Crippen molar-refractivity contribution in [2.45, 2.75) is 6.92 Å². The van der Waals surface area contributed by atoms with Crippen LogP contribution in [-0.4, -0.2) is 5.16 Å². The van der Waals surface area contributed by atoms with Crippen LogP contribution in [0.5, 0.6) is 0 Å². The summed E-state index contributed by atoms with van der Waals surface area (Å²) in [4.78, 5) is 0. The molecule has 0 aliphatic rings. The third-order valence-electron chi connectivity index (χ3n) is 1.73. The van der Waals surface area contributed by atoms with Gasteiger partial charge in [-0.2, -0.15) is 0 Å². The Morgan fingerprint density at radius 2 is 2.25 bits per heavy atom. The van der Waals surface area contributed by atoms with Gasteiger partial charge in [-0.3, -0.25) is 0 Å². The molecule has 0 unspecified atom stereocenters. The van der Waals surface area contributed by atoms with Gasteiger partial charge in [-0.1, -0.05) is 16.8 Å². The van der Waals surface area contributed by atoms with Crippen LogP contribution in [0.1, 0.15) is 5.69 Å². The van der Waals surface area contributed by atoms with Crippen molar-refractivity contribution in [2.75, 3.05) is 5.73 Å². The molecule has 0 aliphatic carbocycles. The molecule has 0 bridgehead atoms. The summed E-state index contributed by atoms with van der Waals surface area (Å²) in [6.07, 6.45) is 0. The molecule has 0 saturated heterocycles. The van der Waals surface area contributed by atoms with Crippen LogP contribution in [-0.2, 0) is 0 Å². The van der Waals surface area contributed by atoms with Gasteiger partial charge in [0.2, 0.25) is 0 Å². The zero-order valence-corrected chi connectivity index (χ0v) is 7.22. The highest BCUT2D eigenvalue weighted by Crippen LogP contribution is 2.28. The number of halogens is 1. The van der Waals surface area contributed by atoms with Crippen molar-refractivity contribution in [3.63, 3.8) is 0 Å². The first-order valence-corrected chi connectivity index (χ1v) is 3.87. The van der Waals surface area contributed by atoms with E-state index in [1.54, 1.807) is 12.1 Å². The van der Waals surface area contributed by atoms with Crippen molar-refractivity contribution in [2.24, 2.45) is 0 Å². The molecule has 0 atom stereocenters. The van der Waals surface area contributed by atoms with E-state index in [0.29, 0.717) is 16.3 Å². The number of anilines is 1. The van der Waals surface area contributed by atoms with Gasteiger partial charge < -0.3 is 10.3 Å². The molecule has 62 valence electrons. The number of nitrogen functional groups attached to an aromatic ring is 1. The number of hydrogen-bond acceptors (Lipinski definition) is 3. The maximum absolute atomic E-state index is 5.86. The standard InChI is InChI=1S/C8H7ClN2O/c1-4-6-2-5(10)3-7(9)8(6)12-11-4/h2-3H,10H2,1H3. The molecule has 4 heteroatoms. The van der Waals surface area contributed by atoms with E-state index in [2.05, 4.69) is 5.16 Å². The van der Waals surface area contributed by atoms with Crippen molar-refractivity contribution >= 4 is 28.3 Å². The molecule has 2 rings (SSSR count).